The summed E-state index contributed by atoms with van der Waals surface area (Å²) in [4.78, 5) is 19.6. The molecule has 4 aliphatic rings. The molecule has 1 aromatic rings. The van der Waals surface area contributed by atoms with E-state index in [-0.39, 0.29) is 29.5 Å². The average molecular weight is 762 g/mol. The highest BCUT2D eigenvalue weighted by molar-refractivity contribution is 6.28. The second-order valence-electron chi connectivity index (χ2n) is 21.9. The van der Waals surface area contributed by atoms with Crippen LogP contribution >= 0.6 is 11.6 Å². The van der Waals surface area contributed by atoms with Gasteiger partial charge in [-0.3, -0.25) is 0 Å². The third-order valence-corrected chi connectivity index (χ3v) is 13.1. The van der Waals surface area contributed by atoms with E-state index in [1.54, 1.807) is 0 Å². The lowest BCUT2D eigenvalue weighted by Gasteiger charge is -2.57. The molecule has 4 aliphatic heterocycles. The Kier molecular flexibility index (Phi) is 10.7. The van der Waals surface area contributed by atoms with Gasteiger partial charge in [0.1, 0.15) is 0 Å². The van der Waals surface area contributed by atoms with Crippen molar-refractivity contribution in [3.8, 4) is 0 Å². The summed E-state index contributed by atoms with van der Waals surface area (Å²) in [6.45, 7) is 31.9. The molecule has 0 saturated carbocycles. The van der Waals surface area contributed by atoms with E-state index in [2.05, 4.69) is 9.80 Å². The van der Waals surface area contributed by atoms with Crippen molar-refractivity contribution in [2.24, 2.45) is 0 Å². The molecular weight excluding hydrogens is 694 g/mol. The molecule has 4 fully saturated rings. The Hall–Kier alpha value is -1.42. The van der Waals surface area contributed by atoms with Gasteiger partial charge in [-0.2, -0.15) is 15.0 Å². The number of aromatic nitrogens is 3. The molecule has 13 nitrogen and oxygen atoms in total. The first-order valence-electron chi connectivity index (χ1n) is 19.6. The molecule has 0 bridgehead atoms. The molecule has 0 aromatic carbocycles. The minimum atomic E-state index is -0.673. The number of halogens is 1. The van der Waals surface area contributed by atoms with Gasteiger partial charge in [-0.25, -0.2) is 0 Å². The van der Waals surface area contributed by atoms with Crippen LogP contribution < -0.4 is 9.80 Å². The van der Waals surface area contributed by atoms with Gasteiger partial charge in [-0.1, -0.05) is 0 Å². The highest BCUT2D eigenvalue weighted by Gasteiger charge is 2.55. The molecule has 14 heteroatoms. The second-order valence-corrected chi connectivity index (χ2v) is 22.3. The number of piperidine rings is 4. The number of rotatable bonds is 6. The van der Waals surface area contributed by atoms with E-state index in [0.29, 0.717) is 63.3 Å². The number of anilines is 2. The zero-order valence-electron chi connectivity index (χ0n) is 35.5. The summed E-state index contributed by atoms with van der Waals surface area (Å²) in [5.41, 5.74) is -5.38. The Morgan fingerprint density at radius 2 is 0.566 bits per heavy atom. The zero-order valence-corrected chi connectivity index (χ0v) is 36.3. The molecule has 53 heavy (non-hydrogen) atoms. The predicted octanol–water partition coefficient (Wildman–Crippen LogP) is 7.61. The normalized spacial score (nSPS) is 29.6. The van der Waals surface area contributed by atoms with E-state index in [1.165, 1.54) is 20.3 Å². The molecule has 0 unspecified atom stereocenters. The van der Waals surface area contributed by atoms with Crippen LogP contribution in [0.15, 0.2) is 0 Å². The van der Waals surface area contributed by atoms with E-state index in [9.17, 15) is 20.8 Å². The molecule has 0 atom stereocenters. The summed E-state index contributed by atoms with van der Waals surface area (Å²) >= 11 is 6.99. The van der Waals surface area contributed by atoms with Crippen molar-refractivity contribution in [3.63, 3.8) is 0 Å². The third kappa shape index (κ3) is 7.94. The minimum Gasteiger partial charge on any atom is -0.334 e. The summed E-state index contributed by atoms with van der Waals surface area (Å²) in [6, 6.07) is -0.545. The molecule has 300 valence electrons. The van der Waals surface area contributed by atoms with Gasteiger partial charge < -0.3 is 9.80 Å². The van der Waals surface area contributed by atoms with E-state index >= 15 is 0 Å². The van der Waals surface area contributed by atoms with Crippen LogP contribution in [0, 0.1) is 0 Å². The molecule has 5 heterocycles. The fourth-order valence-corrected chi connectivity index (χ4v) is 11.6. The lowest BCUT2D eigenvalue weighted by molar-refractivity contribution is -0.294. The Balaban J connectivity index is 1.71. The maximum Gasteiger partial charge on any atom is 0.231 e. The highest BCUT2D eigenvalue weighted by Crippen LogP contribution is 2.48. The Morgan fingerprint density at radius 3 is 0.736 bits per heavy atom. The first-order valence-corrected chi connectivity index (χ1v) is 20.0. The maximum absolute atomic E-state index is 13.6. The smallest absolute Gasteiger partial charge is 0.231 e. The van der Waals surface area contributed by atoms with Gasteiger partial charge >= 0.3 is 0 Å². The fourth-order valence-electron chi connectivity index (χ4n) is 11.4. The van der Waals surface area contributed by atoms with Crippen molar-refractivity contribution in [1.82, 2.24) is 35.2 Å². The Labute approximate surface area is 324 Å². The zero-order chi connectivity index (χ0) is 40.3. The SMILES string of the molecule is CC1(C)CC(N(c2nc(Cl)nc(N(C3CC(C)(C)N([O])C(C)(C)C3)C3CC(C)(C)N([O])C(C)(C)C3)n2)C2CC(C)(C)N([O])C(C)(C)C2)CC(C)(C)N1[O]. The lowest BCUT2D eigenvalue weighted by atomic mass is 9.74. The summed E-state index contributed by atoms with van der Waals surface area (Å²) < 4.78 is 0. The van der Waals surface area contributed by atoms with Gasteiger partial charge in [-0.05, 0) is 174 Å². The van der Waals surface area contributed by atoms with Crippen LogP contribution in [-0.2, 0) is 20.8 Å². The van der Waals surface area contributed by atoms with E-state index in [4.69, 9.17) is 26.6 Å². The Morgan fingerprint density at radius 1 is 0.396 bits per heavy atom. The van der Waals surface area contributed by atoms with Gasteiger partial charge in [0.05, 0.1) is 0 Å². The van der Waals surface area contributed by atoms with Gasteiger partial charge in [-0.15, -0.1) is 41.1 Å². The van der Waals surface area contributed by atoms with Gasteiger partial charge in [0.15, 0.2) is 0 Å². The van der Waals surface area contributed by atoms with Crippen molar-refractivity contribution in [1.29, 1.82) is 0 Å². The van der Waals surface area contributed by atoms with Crippen molar-refractivity contribution in [2.75, 3.05) is 9.80 Å². The fraction of sp³-hybridized carbons (Fsp3) is 0.923. The molecule has 0 amide bonds. The van der Waals surface area contributed by atoms with Crippen LogP contribution in [0.3, 0.4) is 0 Å². The molecule has 1 aromatic heterocycles. The van der Waals surface area contributed by atoms with E-state index in [0.717, 1.165) is 0 Å². The average Bonchev–Trinajstić information content (AvgIpc) is 2.95. The quantitative estimate of drug-likeness (QED) is 0.287. The second kappa shape index (κ2) is 13.3. The molecule has 4 saturated heterocycles. The minimum absolute atomic E-state index is 0.0547. The summed E-state index contributed by atoms with van der Waals surface area (Å²) in [5, 5.41) is 59.5. The first-order chi connectivity index (χ1) is 23.7. The molecule has 0 aliphatic carbocycles. The van der Waals surface area contributed by atoms with Crippen molar-refractivity contribution >= 4 is 23.5 Å². The van der Waals surface area contributed by atoms with Crippen LogP contribution in [0.25, 0.3) is 0 Å². The first kappa shape index (κ1) is 42.7. The van der Waals surface area contributed by atoms with Crippen molar-refractivity contribution in [3.05, 3.63) is 5.28 Å². The summed E-state index contributed by atoms with van der Waals surface area (Å²) in [6.07, 6.45) is 4.52. The summed E-state index contributed by atoms with van der Waals surface area (Å²) in [7, 11) is 0. The number of nitrogens with zero attached hydrogens (tertiary/aromatic N) is 9. The highest BCUT2D eigenvalue weighted by atomic mass is 35.5. The Bertz CT molecular complexity index is 1250. The van der Waals surface area contributed by atoms with Crippen LogP contribution in [0.1, 0.15) is 162 Å². The van der Waals surface area contributed by atoms with E-state index in [1.807, 2.05) is 111 Å². The number of hydrogen-bond donors (Lipinski definition) is 0. The molecule has 4 radical (unpaired) electrons. The number of hydrogen-bond acceptors (Lipinski definition) is 9. The maximum atomic E-state index is 13.6. The predicted molar refractivity (Wildman–Crippen MR) is 205 cm³/mol. The summed E-state index contributed by atoms with van der Waals surface area (Å²) in [5.74, 6) is 0.855. The largest absolute Gasteiger partial charge is 0.334 e. The van der Waals surface area contributed by atoms with Gasteiger partial charge in [0, 0.05) is 68.5 Å². The van der Waals surface area contributed by atoms with Crippen molar-refractivity contribution in [2.45, 2.75) is 231 Å². The lowest BCUT2D eigenvalue weighted by Crippen LogP contribution is -2.68. The van der Waals surface area contributed by atoms with E-state index < -0.39 is 44.3 Å². The van der Waals surface area contributed by atoms with Crippen LogP contribution in [-0.4, -0.2) is 104 Å². The number of hydroxylamine groups is 8. The third-order valence-electron chi connectivity index (χ3n) is 12.9. The van der Waals surface area contributed by atoms with Crippen LogP contribution in [0.4, 0.5) is 11.9 Å². The molecule has 0 spiro atoms. The topological polar surface area (TPSA) is 138 Å². The van der Waals surface area contributed by atoms with Crippen molar-refractivity contribution < 1.29 is 20.8 Å². The van der Waals surface area contributed by atoms with Gasteiger partial charge in [0.25, 0.3) is 0 Å². The van der Waals surface area contributed by atoms with Crippen LogP contribution in [0.5, 0.6) is 0 Å². The molecule has 0 N–H and O–H groups in total. The molecule has 5 rings (SSSR count). The van der Waals surface area contributed by atoms with Gasteiger partial charge in [0.2, 0.25) is 17.2 Å². The molecular formula is C39H68ClN9O4. The standard InChI is InChI=1S/C39H68ClN9O4/c1-32(2)17-25(18-33(3,4)46(32)50)44(26-19-34(5,6)47(51)35(7,8)20-26)30-41-29(40)42-31(43-30)45(27-21-36(9,10)48(52)37(11,12)22-27)28-23-38(13,14)49(53)39(15,16)24-28/h25-28H,17-24H2,1-16H3. The van der Waals surface area contributed by atoms with Crippen LogP contribution in [0.2, 0.25) is 5.28 Å². The monoisotopic (exact) mass is 762 g/mol.